The second kappa shape index (κ2) is 5.31. The van der Waals surface area contributed by atoms with E-state index in [-0.39, 0.29) is 31.5 Å². The fraction of sp³-hybridized carbons (Fsp3) is 0.400. The highest BCUT2D eigenvalue weighted by molar-refractivity contribution is 5.95. The topological polar surface area (TPSA) is 20.3 Å². The lowest BCUT2D eigenvalue weighted by Crippen LogP contribution is -2.43. The fourth-order valence-electron chi connectivity index (χ4n) is 2.28. The van der Waals surface area contributed by atoms with Crippen molar-refractivity contribution in [2.45, 2.75) is 25.7 Å². The van der Waals surface area contributed by atoms with E-state index in [0.29, 0.717) is 11.1 Å². The van der Waals surface area contributed by atoms with Crippen LogP contribution in [0.2, 0.25) is 0 Å². The van der Waals surface area contributed by atoms with Gasteiger partial charge in [-0.1, -0.05) is 12.7 Å². The minimum absolute atomic E-state index is 0.0530. The largest absolute Gasteiger partial charge is 0.338 e. The number of benzene rings is 1. The minimum atomic E-state index is -2.73. The third-order valence-electron chi connectivity index (χ3n) is 3.59. The lowest BCUT2D eigenvalue weighted by molar-refractivity contribution is -0.0494. The van der Waals surface area contributed by atoms with Crippen molar-refractivity contribution in [2.24, 2.45) is 0 Å². The highest BCUT2D eigenvalue weighted by atomic mass is 19.3. The van der Waals surface area contributed by atoms with Gasteiger partial charge in [-0.3, -0.25) is 4.79 Å². The van der Waals surface area contributed by atoms with Crippen LogP contribution in [0.1, 0.15) is 34.3 Å². The first-order valence-corrected chi connectivity index (χ1v) is 6.44. The molecule has 1 aliphatic heterocycles. The SMILES string of the molecule is C=Cc1cc(C(=O)N2CCC(F)(F)CC2)c(F)cc1C. The maximum absolute atomic E-state index is 13.9. The molecule has 2 rings (SSSR count). The zero-order valence-electron chi connectivity index (χ0n) is 11.3. The summed E-state index contributed by atoms with van der Waals surface area (Å²) in [4.78, 5) is 13.5. The van der Waals surface area contributed by atoms with Crippen LogP contribution in [-0.2, 0) is 0 Å². The summed E-state index contributed by atoms with van der Waals surface area (Å²) in [5.74, 6) is -3.90. The molecule has 0 bridgehead atoms. The predicted octanol–water partition coefficient (Wildman–Crippen LogP) is 3.65. The van der Waals surface area contributed by atoms with Crippen LogP contribution >= 0.6 is 0 Å². The summed E-state index contributed by atoms with van der Waals surface area (Å²) in [5, 5.41) is 0. The van der Waals surface area contributed by atoms with Gasteiger partial charge in [0.1, 0.15) is 5.82 Å². The zero-order chi connectivity index (χ0) is 14.9. The Morgan fingerprint density at radius 3 is 2.50 bits per heavy atom. The van der Waals surface area contributed by atoms with Crippen molar-refractivity contribution >= 4 is 12.0 Å². The smallest absolute Gasteiger partial charge is 0.256 e. The molecule has 0 unspecified atom stereocenters. The highest BCUT2D eigenvalue weighted by Crippen LogP contribution is 2.29. The van der Waals surface area contributed by atoms with Crippen LogP contribution in [-0.4, -0.2) is 29.8 Å². The summed E-state index contributed by atoms with van der Waals surface area (Å²) >= 11 is 0. The van der Waals surface area contributed by atoms with E-state index in [1.54, 1.807) is 6.92 Å². The first kappa shape index (κ1) is 14.6. The number of nitrogens with zero attached hydrogens (tertiary/aromatic N) is 1. The Labute approximate surface area is 115 Å². The Kier molecular flexibility index (Phi) is 3.88. The van der Waals surface area contributed by atoms with Gasteiger partial charge in [0, 0.05) is 25.9 Å². The summed E-state index contributed by atoms with van der Waals surface area (Å²) in [6.07, 6.45) is 0.789. The van der Waals surface area contributed by atoms with Crippen LogP contribution in [0.4, 0.5) is 13.2 Å². The molecule has 108 valence electrons. The predicted molar refractivity (Wildman–Crippen MR) is 71.3 cm³/mol. The van der Waals surface area contributed by atoms with Gasteiger partial charge in [-0.05, 0) is 30.2 Å². The van der Waals surface area contributed by atoms with Crippen LogP contribution in [0, 0.1) is 12.7 Å². The molecule has 0 spiro atoms. The van der Waals surface area contributed by atoms with Crippen LogP contribution in [0.25, 0.3) is 6.08 Å². The van der Waals surface area contributed by atoms with E-state index >= 15 is 0 Å². The van der Waals surface area contributed by atoms with Crippen molar-refractivity contribution in [2.75, 3.05) is 13.1 Å². The first-order valence-electron chi connectivity index (χ1n) is 6.44. The Morgan fingerprint density at radius 1 is 1.35 bits per heavy atom. The molecule has 20 heavy (non-hydrogen) atoms. The normalized spacial score (nSPS) is 17.9. The van der Waals surface area contributed by atoms with Crippen LogP contribution in [0.5, 0.6) is 0 Å². The summed E-state index contributed by atoms with van der Waals surface area (Å²) in [5.41, 5.74) is 1.26. The molecule has 1 aliphatic rings. The van der Waals surface area contributed by atoms with Crippen molar-refractivity contribution < 1.29 is 18.0 Å². The Hall–Kier alpha value is -1.78. The molecule has 5 heteroatoms. The number of hydrogen-bond acceptors (Lipinski definition) is 1. The van der Waals surface area contributed by atoms with Gasteiger partial charge >= 0.3 is 0 Å². The van der Waals surface area contributed by atoms with E-state index in [2.05, 4.69) is 6.58 Å². The van der Waals surface area contributed by atoms with Crippen molar-refractivity contribution in [3.05, 3.63) is 41.2 Å². The van der Waals surface area contributed by atoms with Crippen LogP contribution < -0.4 is 0 Å². The van der Waals surface area contributed by atoms with Gasteiger partial charge < -0.3 is 4.90 Å². The Morgan fingerprint density at radius 2 is 1.95 bits per heavy atom. The fourth-order valence-corrected chi connectivity index (χ4v) is 2.28. The molecule has 1 aromatic carbocycles. The molecular weight excluding hydrogens is 267 g/mol. The minimum Gasteiger partial charge on any atom is -0.338 e. The maximum atomic E-state index is 13.9. The van der Waals surface area contributed by atoms with Crippen LogP contribution in [0.15, 0.2) is 18.7 Å². The number of hydrogen-bond donors (Lipinski definition) is 0. The number of likely N-dealkylation sites (tertiary alicyclic amines) is 1. The van der Waals surface area contributed by atoms with Crippen molar-refractivity contribution in [3.8, 4) is 0 Å². The first-order chi connectivity index (χ1) is 9.34. The molecule has 1 fully saturated rings. The van der Waals surface area contributed by atoms with Gasteiger partial charge in [-0.25, -0.2) is 13.2 Å². The average Bonchev–Trinajstić information content (AvgIpc) is 2.38. The molecule has 0 aromatic heterocycles. The number of rotatable bonds is 2. The number of alkyl halides is 2. The summed E-state index contributed by atoms with van der Waals surface area (Å²) < 4.78 is 40.0. The monoisotopic (exact) mass is 283 g/mol. The lowest BCUT2D eigenvalue weighted by atomic mass is 10.0. The molecule has 0 radical (unpaired) electrons. The molecule has 0 aliphatic carbocycles. The van der Waals surface area contributed by atoms with Gasteiger partial charge in [0.2, 0.25) is 0 Å². The molecule has 0 atom stereocenters. The summed E-state index contributed by atoms with van der Waals surface area (Å²) in [7, 11) is 0. The Balaban J connectivity index is 2.24. The van der Waals surface area contributed by atoms with E-state index in [4.69, 9.17) is 0 Å². The van der Waals surface area contributed by atoms with Crippen molar-refractivity contribution in [1.29, 1.82) is 0 Å². The van der Waals surface area contributed by atoms with Gasteiger partial charge in [0.25, 0.3) is 11.8 Å². The van der Waals surface area contributed by atoms with Crippen molar-refractivity contribution in [1.82, 2.24) is 4.90 Å². The quantitative estimate of drug-likeness (QED) is 0.811. The number of piperidine rings is 1. The lowest BCUT2D eigenvalue weighted by Gasteiger charge is -2.32. The number of amides is 1. The summed E-state index contributed by atoms with van der Waals surface area (Å²) in [6, 6.07) is 2.69. The van der Waals surface area contributed by atoms with Gasteiger partial charge in [0.15, 0.2) is 0 Å². The number of carbonyl (C=O) groups is 1. The van der Waals surface area contributed by atoms with E-state index in [1.165, 1.54) is 23.1 Å². The average molecular weight is 283 g/mol. The standard InChI is InChI=1S/C15H16F3NO/c1-3-11-9-12(13(16)8-10(11)2)14(20)19-6-4-15(17,18)5-7-19/h3,8-9H,1,4-7H2,2H3. The molecule has 1 saturated heterocycles. The molecule has 1 amide bonds. The third-order valence-corrected chi connectivity index (χ3v) is 3.59. The molecule has 0 saturated carbocycles. The van der Waals surface area contributed by atoms with E-state index in [1.807, 2.05) is 0 Å². The van der Waals surface area contributed by atoms with E-state index in [9.17, 15) is 18.0 Å². The molecule has 1 heterocycles. The zero-order valence-corrected chi connectivity index (χ0v) is 11.3. The van der Waals surface area contributed by atoms with Gasteiger partial charge in [-0.2, -0.15) is 0 Å². The molecular formula is C15H16F3NO. The number of carbonyl (C=O) groups excluding carboxylic acids is 1. The number of aryl methyl sites for hydroxylation is 1. The highest BCUT2D eigenvalue weighted by Gasteiger charge is 2.36. The second-order valence-corrected chi connectivity index (χ2v) is 5.04. The maximum Gasteiger partial charge on any atom is 0.256 e. The summed E-state index contributed by atoms with van der Waals surface area (Å²) in [6.45, 7) is 5.22. The number of halogens is 3. The van der Waals surface area contributed by atoms with Crippen LogP contribution in [0.3, 0.4) is 0 Å². The molecule has 2 nitrogen and oxygen atoms in total. The van der Waals surface area contributed by atoms with Gasteiger partial charge in [-0.15, -0.1) is 0 Å². The Bertz CT molecular complexity index is 544. The van der Waals surface area contributed by atoms with E-state index < -0.39 is 17.6 Å². The molecule has 1 aromatic rings. The third kappa shape index (κ3) is 2.86. The van der Waals surface area contributed by atoms with Gasteiger partial charge in [0.05, 0.1) is 5.56 Å². The molecule has 0 N–H and O–H groups in total. The second-order valence-electron chi connectivity index (χ2n) is 5.04. The van der Waals surface area contributed by atoms with Crippen molar-refractivity contribution in [3.63, 3.8) is 0 Å². The van der Waals surface area contributed by atoms with E-state index in [0.717, 1.165) is 0 Å².